The molecular formula is C16H11N3O9S4. The molecule has 3 N–H and O–H groups in total. The number of amides is 1. The monoisotopic (exact) mass is 517 g/mol. The summed E-state index contributed by atoms with van der Waals surface area (Å²) >= 11 is 7.17. The van der Waals surface area contributed by atoms with Crippen LogP contribution in [-0.4, -0.2) is 64.0 Å². The van der Waals surface area contributed by atoms with Crippen molar-refractivity contribution in [2.24, 2.45) is 0 Å². The molecule has 2 aromatic rings. The fourth-order valence-electron chi connectivity index (χ4n) is 2.70. The van der Waals surface area contributed by atoms with Gasteiger partial charge in [0.05, 0.1) is 4.53 Å². The number of hydrogen-bond acceptors (Lipinski definition) is 10. The van der Waals surface area contributed by atoms with Crippen LogP contribution in [0.2, 0.25) is 0 Å². The summed E-state index contributed by atoms with van der Waals surface area (Å²) in [4.78, 5) is 72.3. The highest BCUT2D eigenvalue weighted by atomic mass is 32.2. The second-order valence-electron chi connectivity index (χ2n) is 6.12. The second-order valence-corrected chi connectivity index (χ2v) is 9.85. The van der Waals surface area contributed by atoms with E-state index >= 15 is 0 Å². The lowest BCUT2D eigenvalue weighted by atomic mass is 10.4. The first-order chi connectivity index (χ1) is 14.9. The van der Waals surface area contributed by atoms with Crippen molar-refractivity contribution < 1.29 is 34.5 Å². The third-order valence-corrected chi connectivity index (χ3v) is 7.87. The largest absolute Gasteiger partial charge is 0.480 e. The fourth-order valence-corrected chi connectivity index (χ4v) is 6.32. The maximum Gasteiger partial charge on any atom is 0.323 e. The van der Waals surface area contributed by atoms with Crippen LogP contribution in [-0.2, 0) is 32.3 Å². The Morgan fingerprint density at radius 2 is 1.38 bits per heavy atom. The van der Waals surface area contributed by atoms with Crippen molar-refractivity contribution in [1.29, 1.82) is 0 Å². The molecule has 16 heteroatoms. The van der Waals surface area contributed by atoms with E-state index in [0.29, 0.717) is 23.1 Å². The van der Waals surface area contributed by atoms with Gasteiger partial charge in [-0.3, -0.25) is 42.8 Å². The Hall–Kier alpha value is -3.08. The van der Waals surface area contributed by atoms with Crippen LogP contribution in [0.25, 0.3) is 11.5 Å². The lowest BCUT2D eigenvalue weighted by molar-refractivity contribution is -0.140. The van der Waals surface area contributed by atoms with Gasteiger partial charge in [-0.1, -0.05) is 30.6 Å². The third kappa shape index (κ3) is 4.29. The number of thiazole rings is 2. The van der Waals surface area contributed by atoms with Crippen LogP contribution in [0.15, 0.2) is 9.59 Å². The van der Waals surface area contributed by atoms with Gasteiger partial charge in [0.25, 0.3) is 17.0 Å². The molecule has 1 saturated heterocycles. The Bertz CT molecular complexity index is 1530. The van der Waals surface area contributed by atoms with Crippen LogP contribution in [0, 0.1) is 9.20 Å². The van der Waals surface area contributed by atoms with Gasteiger partial charge in [0, 0.05) is 0 Å². The molecule has 0 bridgehead atoms. The summed E-state index contributed by atoms with van der Waals surface area (Å²) in [6, 6.07) is 0. The number of thiocarbonyl (C=S) groups is 1. The number of hydrogen-bond donors (Lipinski definition) is 3. The number of nitrogens with zero attached hydrogens (tertiary/aromatic N) is 3. The van der Waals surface area contributed by atoms with Gasteiger partial charge in [-0.25, -0.2) is 0 Å². The number of carbonyl (C=O) groups is 4. The minimum atomic E-state index is -1.40. The van der Waals surface area contributed by atoms with Crippen molar-refractivity contribution in [3.05, 3.63) is 39.1 Å². The Morgan fingerprint density at radius 3 is 1.91 bits per heavy atom. The summed E-state index contributed by atoms with van der Waals surface area (Å²) in [6.07, 6.45) is 0. The predicted octanol–water partition coefficient (Wildman–Crippen LogP) is -1.95. The van der Waals surface area contributed by atoms with Gasteiger partial charge in [-0.2, -0.15) is 0 Å². The quantitative estimate of drug-likeness (QED) is 0.363. The topological polar surface area (TPSA) is 176 Å². The zero-order valence-electron chi connectivity index (χ0n) is 15.6. The average molecular weight is 518 g/mol. The predicted molar refractivity (Wildman–Crippen MR) is 118 cm³/mol. The number of aromatic nitrogens is 2. The molecule has 1 fully saturated rings. The smallest absolute Gasteiger partial charge is 0.323 e. The summed E-state index contributed by atoms with van der Waals surface area (Å²) in [5.41, 5.74) is -1.59. The van der Waals surface area contributed by atoms with Crippen LogP contribution < -0.4 is 20.3 Å². The van der Waals surface area contributed by atoms with Gasteiger partial charge in [0.2, 0.25) is 0 Å². The van der Waals surface area contributed by atoms with Crippen LogP contribution in [0.5, 0.6) is 0 Å². The number of thioether (sulfide) groups is 1. The molecule has 3 heterocycles. The standard InChI is InChI=1S/C16H11N3O9S4/c1-5-11(26)17(2-6(20)21)14(30-5)9-12(27)18(3-7(22)23)15(31-9)10-13(28)19(4-8(24)25)16(29)32-10/h1-4H2,(H,20,21)(H,22,23)(H,24,25)/b14-9+,15-10?. The van der Waals surface area contributed by atoms with Gasteiger partial charge >= 0.3 is 17.9 Å². The lowest BCUT2D eigenvalue weighted by Gasteiger charge is -2.10. The first-order valence-corrected chi connectivity index (χ1v) is 11.1. The van der Waals surface area contributed by atoms with E-state index in [4.69, 9.17) is 22.4 Å². The van der Waals surface area contributed by atoms with Gasteiger partial charge < -0.3 is 15.3 Å². The zero-order chi connectivity index (χ0) is 23.9. The van der Waals surface area contributed by atoms with Gasteiger partial charge in [0.1, 0.15) is 42.7 Å². The van der Waals surface area contributed by atoms with Crippen molar-refractivity contribution >= 4 is 86.3 Å². The number of carbonyl (C=O) groups excluding carboxylic acids is 1. The Labute approximate surface area is 193 Å². The molecular weight excluding hydrogens is 506 g/mol. The maximum atomic E-state index is 13.0. The van der Waals surface area contributed by atoms with Crippen molar-refractivity contribution in [2.75, 3.05) is 6.54 Å². The highest BCUT2D eigenvalue weighted by Crippen LogP contribution is 2.31. The average Bonchev–Trinajstić information content (AvgIpc) is 3.24. The molecule has 0 radical (unpaired) electrons. The normalized spacial score (nSPS) is 16.6. The molecule has 0 saturated carbocycles. The minimum Gasteiger partial charge on any atom is -0.480 e. The third-order valence-electron chi connectivity index (χ3n) is 3.95. The van der Waals surface area contributed by atoms with E-state index in [1.165, 1.54) is 0 Å². The fraction of sp³-hybridized carbons (Fsp3) is 0.188. The lowest BCUT2D eigenvalue weighted by Crippen LogP contribution is -2.35. The SMILES string of the molecule is C=c1s/c(=c2/sc(=C3SC(=S)N(CC(=O)O)C3=O)n(CC(=O)O)c2=O)n(CC(=O)O)c1=O. The van der Waals surface area contributed by atoms with Gasteiger partial charge in [0.15, 0.2) is 0 Å². The van der Waals surface area contributed by atoms with Crippen molar-refractivity contribution in [3.63, 3.8) is 0 Å². The van der Waals surface area contributed by atoms with E-state index in [-0.39, 0.29) is 27.6 Å². The number of rotatable bonds is 6. The first-order valence-electron chi connectivity index (χ1n) is 8.28. The number of carboxylic acids is 3. The molecule has 0 unspecified atom stereocenters. The molecule has 1 amide bonds. The van der Waals surface area contributed by atoms with Crippen molar-refractivity contribution in [3.8, 4) is 0 Å². The Kier molecular flexibility index (Phi) is 6.49. The molecule has 2 aromatic heterocycles. The molecule has 0 aromatic carbocycles. The summed E-state index contributed by atoms with van der Waals surface area (Å²) in [5.74, 6) is -4.89. The van der Waals surface area contributed by atoms with Crippen LogP contribution in [0.4, 0.5) is 0 Å². The number of carboxylic acid groups (broad SMARTS) is 3. The summed E-state index contributed by atoms with van der Waals surface area (Å²) in [7, 11) is 0. The van der Waals surface area contributed by atoms with Crippen LogP contribution >= 0.6 is 46.7 Å². The summed E-state index contributed by atoms with van der Waals surface area (Å²) in [6.45, 7) is 1.22. The molecule has 0 spiro atoms. The van der Waals surface area contributed by atoms with Crippen LogP contribution in [0.1, 0.15) is 0 Å². The van der Waals surface area contributed by atoms with Crippen molar-refractivity contribution in [2.45, 2.75) is 13.1 Å². The minimum absolute atomic E-state index is 0.0341. The zero-order valence-corrected chi connectivity index (χ0v) is 18.9. The summed E-state index contributed by atoms with van der Waals surface area (Å²) < 4.78 is 1.17. The highest BCUT2D eigenvalue weighted by molar-refractivity contribution is 8.30. The molecule has 1 aliphatic rings. The molecule has 1 aliphatic heterocycles. The molecule has 0 atom stereocenters. The van der Waals surface area contributed by atoms with E-state index in [9.17, 15) is 33.9 Å². The van der Waals surface area contributed by atoms with E-state index in [1.807, 2.05) is 0 Å². The van der Waals surface area contributed by atoms with E-state index in [0.717, 1.165) is 25.4 Å². The van der Waals surface area contributed by atoms with E-state index in [2.05, 4.69) is 6.58 Å². The summed E-state index contributed by atoms with van der Waals surface area (Å²) in [5, 5.41) is 27.3. The molecule has 168 valence electrons. The van der Waals surface area contributed by atoms with E-state index < -0.39 is 54.6 Å². The molecule has 12 nitrogen and oxygen atoms in total. The number of aliphatic carboxylic acids is 3. The maximum absolute atomic E-state index is 13.0. The van der Waals surface area contributed by atoms with E-state index in [1.54, 1.807) is 0 Å². The van der Waals surface area contributed by atoms with Crippen molar-refractivity contribution in [1.82, 2.24) is 14.0 Å². The Balaban J connectivity index is 2.46. The first kappa shape index (κ1) is 23.6. The molecule has 3 rings (SSSR count). The second kappa shape index (κ2) is 8.81. The molecule has 32 heavy (non-hydrogen) atoms. The van der Waals surface area contributed by atoms with Gasteiger partial charge in [-0.05, 0) is 0 Å². The highest BCUT2D eigenvalue weighted by Gasteiger charge is 2.35. The van der Waals surface area contributed by atoms with Gasteiger partial charge in [-0.15, -0.1) is 22.7 Å². The Morgan fingerprint density at radius 1 is 0.844 bits per heavy atom. The molecule has 0 aliphatic carbocycles. The van der Waals surface area contributed by atoms with Crippen LogP contribution in [0.3, 0.4) is 0 Å².